The lowest BCUT2D eigenvalue weighted by atomic mass is 9.61. The Morgan fingerprint density at radius 2 is 1.97 bits per heavy atom. The van der Waals surface area contributed by atoms with Gasteiger partial charge in [0.1, 0.15) is 17.1 Å². The Hall–Kier alpha value is -2.63. The van der Waals surface area contributed by atoms with Crippen LogP contribution < -0.4 is 4.74 Å². The van der Waals surface area contributed by atoms with E-state index >= 15 is 0 Å². The zero-order valence-corrected chi connectivity index (χ0v) is 19.1. The van der Waals surface area contributed by atoms with Crippen LogP contribution in [0.3, 0.4) is 0 Å². The second-order valence-electron chi connectivity index (χ2n) is 9.52. The molecule has 0 aliphatic heterocycles. The molecule has 0 saturated heterocycles. The van der Waals surface area contributed by atoms with Crippen LogP contribution in [0.2, 0.25) is 0 Å². The molecule has 32 heavy (non-hydrogen) atoms. The summed E-state index contributed by atoms with van der Waals surface area (Å²) < 4.78 is 5.42. The molecule has 3 aliphatic carbocycles. The number of aliphatic hydroxyl groups is 1. The van der Waals surface area contributed by atoms with Gasteiger partial charge in [-0.05, 0) is 61.9 Å². The number of ether oxygens (including phenoxy) is 1. The van der Waals surface area contributed by atoms with E-state index in [1.54, 1.807) is 7.11 Å². The molecule has 1 heterocycles. The fourth-order valence-corrected chi connectivity index (χ4v) is 5.57. The summed E-state index contributed by atoms with van der Waals surface area (Å²) in [5.41, 5.74) is 4.09. The topological polar surface area (TPSA) is 61.4 Å². The van der Waals surface area contributed by atoms with Crippen LogP contribution in [0.1, 0.15) is 37.1 Å². The largest absolute Gasteiger partial charge is 0.494 e. The number of likely N-dealkylation sites (N-methyl/N-ethyl adjacent to an activating group) is 1. The number of aromatic amines is 1. The Bertz CT molecular complexity index is 1110. The Morgan fingerprint density at radius 1 is 1.12 bits per heavy atom. The lowest BCUT2D eigenvalue weighted by Crippen LogP contribution is -2.48. The lowest BCUT2D eigenvalue weighted by Gasteiger charge is -2.48. The fourth-order valence-electron chi connectivity index (χ4n) is 5.57. The highest BCUT2D eigenvalue weighted by Crippen LogP contribution is 2.51. The molecule has 1 aromatic heterocycles. The smallest absolute Gasteiger partial charge is 0.146 e. The molecule has 2 bridgehead atoms. The van der Waals surface area contributed by atoms with Crippen LogP contribution in [0.5, 0.6) is 5.75 Å². The van der Waals surface area contributed by atoms with Crippen molar-refractivity contribution in [1.29, 1.82) is 0 Å². The van der Waals surface area contributed by atoms with Gasteiger partial charge in [0.2, 0.25) is 0 Å². The third-order valence-corrected chi connectivity index (χ3v) is 7.45. The Kier molecular flexibility index (Phi) is 5.78. The predicted octanol–water partition coefficient (Wildman–Crippen LogP) is 4.68. The van der Waals surface area contributed by atoms with E-state index in [2.05, 4.69) is 53.3 Å². The number of rotatable bonds is 8. The zero-order valence-electron chi connectivity index (χ0n) is 19.1. The maximum absolute atomic E-state index is 11.5. The van der Waals surface area contributed by atoms with Crippen molar-refractivity contribution in [1.82, 2.24) is 14.9 Å². The van der Waals surface area contributed by atoms with Crippen molar-refractivity contribution in [3.8, 4) is 5.75 Å². The van der Waals surface area contributed by atoms with E-state index in [4.69, 9.17) is 9.72 Å². The molecule has 2 N–H and O–H groups in total. The highest BCUT2D eigenvalue weighted by atomic mass is 16.5. The molecule has 0 amide bonds. The summed E-state index contributed by atoms with van der Waals surface area (Å²) in [6.45, 7) is 1.79. The van der Waals surface area contributed by atoms with Crippen molar-refractivity contribution >= 4 is 16.6 Å². The Balaban J connectivity index is 1.19. The summed E-state index contributed by atoms with van der Waals surface area (Å²) in [4.78, 5) is 10.4. The first kappa shape index (κ1) is 21.2. The number of hydrogen-bond acceptors (Lipinski definition) is 4. The molecule has 2 aromatic carbocycles. The van der Waals surface area contributed by atoms with Crippen molar-refractivity contribution in [2.24, 2.45) is 11.8 Å². The number of methoxy groups -OCH3 is 1. The van der Waals surface area contributed by atoms with Gasteiger partial charge >= 0.3 is 0 Å². The summed E-state index contributed by atoms with van der Waals surface area (Å²) in [7, 11) is 3.82. The van der Waals surface area contributed by atoms with Gasteiger partial charge in [0.15, 0.2) is 0 Å². The van der Waals surface area contributed by atoms with Crippen molar-refractivity contribution in [2.45, 2.75) is 37.7 Å². The van der Waals surface area contributed by atoms with Gasteiger partial charge in [-0.15, -0.1) is 0 Å². The van der Waals surface area contributed by atoms with Gasteiger partial charge in [0, 0.05) is 25.4 Å². The number of fused-ring (bicyclic) bond motifs is 3. The van der Waals surface area contributed by atoms with E-state index in [1.165, 1.54) is 17.6 Å². The molecule has 168 valence electrons. The van der Waals surface area contributed by atoms with Gasteiger partial charge in [-0.2, -0.15) is 0 Å². The van der Waals surface area contributed by atoms with Gasteiger partial charge in [0.05, 0.1) is 18.2 Å². The average molecular weight is 432 g/mol. The molecule has 6 rings (SSSR count). The lowest BCUT2D eigenvalue weighted by molar-refractivity contribution is -0.0574. The predicted molar refractivity (Wildman–Crippen MR) is 129 cm³/mol. The number of benzene rings is 2. The monoisotopic (exact) mass is 431 g/mol. The first-order valence-electron chi connectivity index (χ1n) is 11.8. The highest BCUT2D eigenvalue weighted by molar-refractivity contribution is 5.81. The summed E-state index contributed by atoms with van der Waals surface area (Å²) >= 11 is 0. The fraction of sp³-hybridized carbons (Fsp3) is 0.444. The molecule has 5 nitrogen and oxygen atoms in total. The maximum Gasteiger partial charge on any atom is 0.146 e. The first-order chi connectivity index (χ1) is 15.6. The van der Waals surface area contributed by atoms with Crippen LogP contribution in [0.15, 0.2) is 54.6 Å². The van der Waals surface area contributed by atoms with E-state index in [1.807, 2.05) is 18.2 Å². The number of imidazole rings is 1. The first-order valence-corrected chi connectivity index (χ1v) is 11.8. The number of hydrogen-bond donors (Lipinski definition) is 2. The van der Waals surface area contributed by atoms with E-state index in [-0.39, 0.29) is 5.92 Å². The van der Waals surface area contributed by atoms with Gasteiger partial charge in [-0.1, -0.05) is 42.5 Å². The minimum Gasteiger partial charge on any atom is -0.494 e. The highest BCUT2D eigenvalue weighted by Gasteiger charge is 2.46. The number of aromatic nitrogens is 2. The third-order valence-electron chi connectivity index (χ3n) is 7.45. The quantitative estimate of drug-likeness (QED) is 0.544. The maximum atomic E-state index is 11.5. The molecule has 3 aromatic rings. The second kappa shape index (κ2) is 8.72. The van der Waals surface area contributed by atoms with Gasteiger partial charge in [-0.25, -0.2) is 4.98 Å². The molecule has 1 unspecified atom stereocenters. The number of allylic oxidation sites excluding steroid dienone is 1. The van der Waals surface area contributed by atoms with Crippen molar-refractivity contribution in [2.75, 3.05) is 27.2 Å². The molecule has 3 atom stereocenters. The van der Waals surface area contributed by atoms with Crippen molar-refractivity contribution in [3.05, 3.63) is 66.0 Å². The number of H-pyrrole nitrogens is 1. The number of para-hydroxylation sites is 1. The normalized spacial score (nSPS) is 24.8. The number of nitrogens with one attached hydrogen (secondary N) is 1. The summed E-state index contributed by atoms with van der Waals surface area (Å²) in [6, 6.07) is 16.6. The van der Waals surface area contributed by atoms with Crippen LogP contribution in [-0.2, 0) is 6.42 Å². The van der Waals surface area contributed by atoms with Gasteiger partial charge in [0.25, 0.3) is 0 Å². The van der Waals surface area contributed by atoms with Crippen LogP contribution in [0.4, 0.5) is 0 Å². The standard InChI is InChI=1S/C27H33N3O2/c1-30(15-13-25-28-23-9-6-10-24(32-2)26(23)29-25)16-14-27(31)18-20-11-12-21(27)17-22(20)19-7-4-3-5-8-19/h3-10,17,20-21,31H,11-16,18H2,1-2H3,(H,28,29)/t20-,21?,27+/m1/s1. The van der Waals surface area contributed by atoms with E-state index in [9.17, 15) is 5.11 Å². The van der Waals surface area contributed by atoms with E-state index < -0.39 is 5.60 Å². The molecular weight excluding hydrogens is 398 g/mol. The minimum absolute atomic E-state index is 0.263. The molecule has 1 saturated carbocycles. The second-order valence-corrected chi connectivity index (χ2v) is 9.52. The molecule has 5 heteroatoms. The van der Waals surface area contributed by atoms with E-state index in [0.29, 0.717) is 5.92 Å². The minimum atomic E-state index is -0.581. The van der Waals surface area contributed by atoms with E-state index in [0.717, 1.165) is 61.4 Å². The van der Waals surface area contributed by atoms with Crippen LogP contribution in [0, 0.1) is 11.8 Å². The van der Waals surface area contributed by atoms with Crippen LogP contribution in [0.25, 0.3) is 16.6 Å². The SMILES string of the molecule is COc1cccc2[nH]c(CCN(C)CC[C@]3(O)C[C@H]4CCC3C=C4c3ccccc3)nc12. The van der Waals surface area contributed by atoms with Crippen LogP contribution in [-0.4, -0.2) is 52.8 Å². The van der Waals surface area contributed by atoms with Crippen molar-refractivity contribution in [3.63, 3.8) is 0 Å². The zero-order chi connectivity index (χ0) is 22.1. The van der Waals surface area contributed by atoms with Crippen molar-refractivity contribution < 1.29 is 9.84 Å². The van der Waals surface area contributed by atoms with Gasteiger partial charge in [-0.3, -0.25) is 0 Å². The summed E-state index contributed by atoms with van der Waals surface area (Å²) in [5.74, 6) is 2.51. The average Bonchev–Trinajstić information content (AvgIpc) is 3.25. The number of nitrogens with zero attached hydrogens (tertiary/aromatic N) is 2. The molecule has 3 aliphatic rings. The Labute approximate surface area is 190 Å². The molecule has 0 radical (unpaired) electrons. The van der Waals surface area contributed by atoms with Crippen LogP contribution >= 0.6 is 0 Å². The molecular formula is C27H33N3O2. The molecule has 0 spiro atoms. The molecule has 1 fully saturated rings. The third kappa shape index (κ3) is 4.07. The summed E-state index contributed by atoms with van der Waals surface area (Å²) in [6.07, 6.45) is 7.21. The Morgan fingerprint density at radius 3 is 2.72 bits per heavy atom. The van der Waals surface area contributed by atoms with Gasteiger partial charge < -0.3 is 19.7 Å². The summed E-state index contributed by atoms with van der Waals surface area (Å²) in [5, 5.41) is 11.5.